The highest BCUT2D eigenvalue weighted by atomic mass is 16.5. The van der Waals surface area contributed by atoms with Crippen LogP contribution in [-0.2, 0) is 34.5 Å². The van der Waals surface area contributed by atoms with Crippen LogP contribution >= 0.6 is 0 Å². The van der Waals surface area contributed by atoms with Crippen LogP contribution in [-0.4, -0.2) is 57.6 Å². The fraction of sp³-hybridized carbons (Fsp3) is 0.489. The van der Waals surface area contributed by atoms with E-state index in [2.05, 4.69) is 71.7 Å². The Morgan fingerprint density at radius 3 is 2.75 bits per heavy atom. The van der Waals surface area contributed by atoms with Gasteiger partial charge in [-0.1, -0.05) is 62.6 Å². The zero-order valence-electron chi connectivity index (χ0n) is 32.6. The first-order chi connectivity index (χ1) is 27.3. The monoisotopic (exact) mass is 759 g/mol. The van der Waals surface area contributed by atoms with Gasteiger partial charge in [-0.05, 0) is 121 Å². The van der Waals surface area contributed by atoms with Crippen molar-refractivity contribution >= 4 is 16.6 Å². The van der Waals surface area contributed by atoms with Crippen molar-refractivity contribution < 1.29 is 29.5 Å². The fourth-order valence-electron chi connectivity index (χ4n) is 10.7. The third kappa shape index (κ3) is 6.85. The predicted octanol–water partition coefficient (Wildman–Crippen LogP) is 7.67. The number of hydrogen-bond acceptors (Lipinski definition) is 8. The van der Waals surface area contributed by atoms with Gasteiger partial charge in [0, 0.05) is 40.8 Å². The lowest BCUT2D eigenvalue weighted by molar-refractivity contribution is -0.0894. The van der Waals surface area contributed by atoms with Crippen molar-refractivity contribution in [2.24, 2.45) is 11.7 Å². The molecule has 4 heterocycles. The molecule has 9 nitrogen and oxygen atoms in total. The molecule has 56 heavy (non-hydrogen) atoms. The number of rotatable bonds is 6. The Bertz CT molecular complexity index is 2140. The lowest BCUT2D eigenvalue weighted by Crippen LogP contribution is -2.54. The van der Waals surface area contributed by atoms with Gasteiger partial charge in [-0.2, -0.15) is 0 Å². The van der Waals surface area contributed by atoms with E-state index in [-0.39, 0.29) is 42.8 Å². The van der Waals surface area contributed by atoms with Gasteiger partial charge in [0.2, 0.25) is 0 Å². The molecule has 1 aromatic heterocycles. The van der Waals surface area contributed by atoms with Crippen LogP contribution in [0.15, 0.2) is 78.6 Å². The summed E-state index contributed by atoms with van der Waals surface area (Å²) in [6, 6.07) is 17.3. The van der Waals surface area contributed by atoms with Crippen LogP contribution in [0.4, 0.5) is 0 Å². The summed E-state index contributed by atoms with van der Waals surface area (Å²) in [5.74, 6) is 2.16. The van der Waals surface area contributed by atoms with E-state index in [0.29, 0.717) is 49.0 Å². The number of ether oxygens (including phenoxy) is 3. The van der Waals surface area contributed by atoms with E-state index in [1.54, 1.807) is 6.07 Å². The van der Waals surface area contributed by atoms with Gasteiger partial charge in [-0.25, -0.2) is 0 Å². The van der Waals surface area contributed by atoms with Gasteiger partial charge in [0.25, 0.3) is 0 Å². The van der Waals surface area contributed by atoms with E-state index in [9.17, 15) is 15.3 Å². The Morgan fingerprint density at radius 1 is 0.982 bits per heavy atom. The zero-order valence-corrected chi connectivity index (χ0v) is 32.6. The summed E-state index contributed by atoms with van der Waals surface area (Å²) in [4.78, 5) is 0. The molecule has 4 aromatic rings. The molecule has 7 atom stereocenters. The van der Waals surface area contributed by atoms with Gasteiger partial charge in [-0.15, -0.1) is 0 Å². The normalized spacial score (nSPS) is 28.9. The second kappa shape index (κ2) is 15.7. The number of aliphatic hydroxyl groups is 2. The molecule has 6 N–H and O–H groups in total. The van der Waals surface area contributed by atoms with Gasteiger partial charge in [-0.3, -0.25) is 0 Å². The summed E-state index contributed by atoms with van der Waals surface area (Å²) in [7, 11) is 0. The van der Waals surface area contributed by atoms with Crippen molar-refractivity contribution in [2.75, 3.05) is 13.2 Å². The minimum atomic E-state index is -0.594. The molecule has 3 aromatic carbocycles. The molecule has 296 valence electrons. The van der Waals surface area contributed by atoms with Crippen LogP contribution in [0, 0.1) is 5.92 Å². The highest BCUT2D eigenvalue weighted by Crippen LogP contribution is 2.60. The molecule has 1 saturated heterocycles. The van der Waals surface area contributed by atoms with E-state index in [4.69, 9.17) is 19.9 Å². The Balaban J connectivity index is 1.20. The molecule has 3 aliphatic heterocycles. The second-order valence-corrected chi connectivity index (χ2v) is 16.9. The summed E-state index contributed by atoms with van der Waals surface area (Å²) in [5.41, 5.74) is 14.0. The van der Waals surface area contributed by atoms with Crippen LogP contribution in [0.5, 0.6) is 11.5 Å². The largest absolute Gasteiger partial charge is 0.504 e. The van der Waals surface area contributed by atoms with Gasteiger partial charge in [0.1, 0.15) is 12.4 Å². The number of phenolic OH excluding ortho intramolecular Hbond substituents is 1. The number of unbranched alkanes of at least 4 members (excludes halogenated alkanes) is 2. The van der Waals surface area contributed by atoms with Crippen molar-refractivity contribution in [3.63, 3.8) is 0 Å². The van der Waals surface area contributed by atoms with Crippen molar-refractivity contribution in [3.05, 3.63) is 112 Å². The Kier molecular flexibility index (Phi) is 10.5. The van der Waals surface area contributed by atoms with Crippen LogP contribution in [0.25, 0.3) is 16.6 Å². The second-order valence-electron chi connectivity index (χ2n) is 16.9. The van der Waals surface area contributed by atoms with Crippen LogP contribution in [0.2, 0.25) is 0 Å². The predicted molar refractivity (Wildman–Crippen MR) is 218 cm³/mol. The molecule has 9 rings (SSSR count). The molecule has 2 fully saturated rings. The molecule has 1 saturated carbocycles. The maximum absolute atomic E-state index is 11.3. The van der Waals surface area contributed by atoms with E-state index in [1.165, 1.54) is 23.1 Å². The van der Waals surface area contributed by atoms with E-state index < -0.39 is 6.10 Å². The lowest BCUT2D eigenvalue weighted by atomic mass is 9.51. The number of hydrogen-bond donors (Lipinski definition) is 5. The van der Waals surface area contributed by atoms with Crippen molar-refractivity contribution in [3.8, 4) is 11.5 Å². The maximum atomic E-state index is 11.3. The third-order valence-corrected chi connectivity index (χ3v) is 13.6. The molecule has 6 bridgehead atoms. The van der Waals surface area contributed by atoms with Gasteiger partial charge in [0.05, 0.1) is 37.7 Å². The first-order valence-electron chi connectivity index (χ1n) is 21.0. The number of aliphatic hydroxyl groups excluding tert-OH is 2. The van der Waals surface area contributed by atoms with E-state index in [0.717, 1.165) is 84.8 Å². The number of dihydropyridines is 1. The number of nitrogens with one attached hydrogen (secondary N) is 1. The number of nitrogens with zero attached hydrogens (tertiary/aromatic N) is 1. The van der Waals surface area contributed by atoms with Gasteiger partial charge >= 0.3 is 0 Å². The van der Waals surface area contributed by atoms with Crippen molar-refractivity contribution in [2.45, 2.75) is 127 Å². The third-order valence-electron chi connectivity index (χ3n) is 13.6. The van der Waals surface area contributed by atoms with Crippen LogP contribution < -0.4 is 15.8 Å². The summed E-state index contributed by atoms with van der Waals surface area (Å²) in [6.07, 6.45) is 17.5. The van der Waals surface area contributed by atoms with Crippen molar-refractivity contribution in [1.29, 1.82) is 0 Å². The average Bonchev–Trinajstić information content (AvgIpc) is 3.66. The first kappa shape index (κ1) is 37.5. The molecular formula is C47H57N3O6. The summed E-state index contributed by atoms with van der Waals surface area (Å²) >= 11 is 0. The molecule has 0 radical (unpaired) electrons. The van der Waals surface area contributed by atoms with E-state index >= 15 is 0 Å². The van der Waals surface area contributed by atoms with Crippen LogP contribution in [0.1, 0.15) is 110 Å². The quantitative estimate of drug-likeness (QED) is 0.127. The van der Waals surface area contributed by atoms with Crippen LogP contribution in [0.3, 0.4) is 0 Å². The summed E-state index contributed by atoms with van der Waals surface area (Å²) in [6.45, 7) is 3.32. The molecule has 0 spiro atoms. The molecule has 5 aliphatic rings. The minimum Gasteiger partial charge on any atom is -0.504 e. The topological polar surface area (TPSA) is 131 Å². The Morgan fingerprint density at radius 2 is 1.88 bits per heavy atom. The molecule has 9 heteroatoms. The Labute approximate surface area is 330 Å². The Hall–Kier alpha value is -4.12. The molecular weight excluding hydrogens is 703 g/mol. The van der Waals surface area contributed by atoms with Crippen molar-refractivity contribution in [1.82, 2.24) is 9.88 Å². The molecule has 2 aliphatic carbocycles. The number of benzene rings is 3. The number of aromatic nitrogens is 1. The summed E-state index contributed by atoms with van der Waals surface area (Å²) in [5, 5.41) is 38.5. The first-order valence-corrected chi connectivity index (χ1v) is 21.0. The average molecular weight is 760 g/mol. The number of fused-ring (bicyclic) bond motifs is 8. The summed E-state index contributed by atoms with van der Waals surface area (Å²) < 4.78 is 21.9. The molecule has 0 amide bonds. The highest BCUT2D eigenvalue weighted by Gasteiger charge is 2.55. The van der Waals surface area contributed by atoms with Gasteiger partial charge in [0.15, 0.2) is 11.5 Å². The minimum absolute atomic E-state index is 0.00981. The highest BCUT2D eigenvalue weighted by molar-refractivity contribution is 5.88. The molecule has 1 unspecified atom stereocenters. The van der Waals surface area contributed by atoms with Gasteiger partial charge < -0.3 is 45.1 Å². The fourth-order valence-corrected chi connectivity index (χ4v) is 10.7. The maximum Gasteiger partial charge on any atom is 0.161 e. The van der Waals surface area contributed by atoms with E-state index in [1.807, 2.05) is 12.1 Å². The number of aryl methyl sites for hydroxylation is 1. The number of aromatic hydroxyl groups is 1. The SMILES string of the molecule is CCCCC[C@H]1C[C@H](O)CCc2cc(c(O)cc2CO)OCc2cc([C@@]34CCO[C@@H]5CC[C@@H](C[C@@H]53)c3ccccc34)cc3cn(cc23)C2=C(C=CC(N)N2)CO1. The standard InChI is InChI=1S/C47H57N3O6/c1-2-3-4-7-37-23-36(52)13-10-29-22-44(42(53)21-33(29)26-51)56-28-34-19-35(18-32-24-50(25-39(32)34)46-31(27-55-37)12-15-45(48)49-46)47-16-17-54-43-14-11-30(20-41(43)47)38-8-5-6-9-40(38)47/h5-6,8-9,12,15,18-19,21-22,24-25,30,36-37,41,43,45,49,51-53H,2-4,7,10-11,13-14,16-17,20,23,26-28,48H2,1H3/t30-,36+,37-,41-,43+,45?,47+/m0/s1. The number of phenols is 1. The zero-order chi connectivity index (χ0) is 38.4. The smallest absolute Gasteiger partial charge is 0.161 e. The lowest BCUT2D eigenvalue weighted by Gasteiger charge is -2.56. The number of nitrogens with two attached hydrogens (primary N) is 1.